The second-order valence-electron chi connectivity index (χ2n) is 8.52. The van der Waals surface area contributed by atoms with E-state index in [-0.39, 0.29) is 5.76 Å². The number of benzene rings is 2. The highest BCUT2D eigenvalue weighted by molar-refractivity contribution is 6.23. The molecule has 2 aliphatic heterocycles. The Hall–Kier alpha value is -3.48. The molecule has 1 fully saturated rings. The summed E-state index contributed by atoms with van der Waals surface area (Å²) in [6, 6.07) is 14.2. The standard InChI is InChI=1S/C25H29N5O2/c1-32-19-8-5-17(6-9-19)11-14-30-16-22(31)23(24(30)26)25-27-20-10-7-18(15-21(20)28-25)29-12-3-2-4-13-29/h5-10,15,26,31H,2-4,11-14,16H2,1H3,(H,27,28). The minimum atomic E-state index is 0.194. The largest absolute Gasteiger partial charge is 0.510 e. The molecule has 0 spiro atoms. The van der Waals surface area contributed by atoms with E-state index in [1.165, 1.54) is 30.5 Å². The van der Waals surface area contributed by atoms with Crippen LogP contribution >= 0.6 is 0 Å². The molecular weight excluding hydrogens is 402 g/mol. The SMILES string of the molecule is COc1ccc(CCN2CC(O)=C(c3nc4ccc(N5CCCCC5)cc4[nH]3)C2=N)cc1. The van der Waals surface area contributed by atoms with Crippen LogP contribution in [0.25, 0.3) is 16.6 Å². The van der Waals surface area contributed by atoms with E-state index in [1.807, 2.05) is 35.2 Å². The Bertz CT molecular complexity index is 1160. The number of methoxy groups -OCH3 is 1. The minimum absolute atomic E-state index is 0.194. The predicted octanol–water partition coefficient (Wildman–Crippen LogP) is 4.37. The minimum Gasteiger partial charge on any atom is -0.510 e. The topological polar surface area (TPSA) is 88.5 Å². The van der Waals surface area contributed by atoms with E-state index >= 15 is 0 Å². The van der Waals surface area contributed by atoms with E-state index in [1.54, 1.807) is 7.11 Å². The summed E-state index contributed by atoms with van der Waals surface area (Å²) in [6.07, 6.45) is 4.55. The number of H-pyrrole nitrogens is 1. The quantitative estimate of drug-likeness (QED) is 0.539. The molecule has 32 heavy (non-hydrogen) atoms. The van der Waals surface area contributed by atoms with E-state index in [9.17, 15) is 5.11 Å². The van der Waals surface area contributed by atoms with Gasteiger partial charge in [0.1, 0.15) is 23.2 Å². The number of aliphatic hydroxyl groups excluding tert-OH is 1. The van der Waals surface area contributed by atoms with Gasteiger partial charge >= 0.3 is 0 Å². The number of imidazole rings is 1. The van der Waals surface area contributed by atoms with Gasteiger partial charge in [0, 0.05) is 25.3 Å². The van der Waals surface area contributed by atoms with Crippen LogP contribution in [0.2, 0.25) is 0 Å². The number of anilines is 1. The number of rotatable bonds is 6. The number of piperidine rings is 1. The molecule has 3 aromatic rings. The lowest BCUT2D eigenvalue weighted by atomic mass is 10.1. The van der Waals surface area contributed by atoms with E-state index in [0.29, 0.717) is 30.3 Å². The highest BCUT2D eigenvalue weighted by Crippen LogP contribution is 2.29. The van der Waals surface area contributed by atoms with Gasteiger partial charge in [-0.1, -0.05) is 12.1 Å². The molecule has 0 atom stereocenters. The lowest BCUT2D eigenvalue weighted by Crippen LogP contribution is -2.29. The molecular formula is C25H29N5O2. The van der Waals surface area contributed by atoms with Crippen molar-refractivity contribution >= 4 is 28.1 Å². The van der Waals surface area contributed by atoms with Gasteiger partial charge in [-0.15, -0.1) is 0 Å². The maximum Gasteiger partial charge on any atom is 0.145 e. The zero-order valence-corrected chi connectivity index (χ0v) is 18.4. The lowest BCUT2D eigenvalue weighted by molar-refractivity contribution is 0.351. The number of nitrogens with one attached hydrogen (secondary N) is 2. The normalized spacial score (nSPS) is 17.0. The van der Waals surface area contributed by atoms with Gasteiger partial charge < -0.3 is 24.6 Å². The lowest BCUT2D eigenvalue weighted by Gasteiger charge is -2.28. The Morgan fingerprint density at radius 3 is 2.62 bits per heavy atom. The van der Waals surface area contributed by atoms with Crippen molar-refractivity contribution in [2.75, 3.05) is 38.2 Å². The van der Waals surface area contributed by atoms with Crippen molar-refractivity contribution in [3.05, 3.63) is 59.6 Å². The summed E-state index contributed by atoms with van der Waals surface area (Å²) in [5, 5.41) is 19.3. The Morgan fingerprint density at radius 1 is 1.09 bits per heavy atom. The third-order valence-corrected chi connectivity index (χ3v) is 6.44. The molecule has 2 aliphatic rings. The Kier molecular flexibility index (Phi) is 5.47. The van der Waals surface area contributed by atoms with Crippen LogP contribution in [0.5, 0.6) is 5.75 Å². The van der Waals surface area contributed by atoms with Gasteiger partial charge in [-0.3, -0.25) is 5.41 Å². The summed E-state index contributed by atoms with van der Waals surface area (Å²) in [6.45, 7) is 3.16. The van der Waals surface area contributed by atoms with Crippen LogP contribution in [0.3, 0.4) is 0 Å². The first-order chi connectivity index (χ1) is 15.6. The summed E-state index contributed by atoms with van der Waals surface area (Å²) < 4.78 is 5.21. The van der Waals surface area contributed by atoms with Crippen molar-refractivity contribution in [1.29, 1.82) is 5.41 Å². The first-order valence-electron chi connectivity index (χ1n) is 11.3. The molecule has 0 aliphatic carbocycles. The number of aliphatic hydroxyl groups is 1. The maximum absolute atomic E-state index is 10.6. The maximum atomic E-state index is 10.6. The highest BCUT2D eigenvalue weighted by Gasteiger charge is 2.30. The number of aromatic amines is 1. The van der Waals surface area contributed by atoms with Crippen molar-refractivity contribution < 1.29 is 9.84 Å². The molecule has 0 radical (unpaired) electrons. The van der Waals surface area contributed by atoms with E-state index in [2.05, 4.69) is 27.0 Å². The molecule has 7 nitrogen and oxygen atoms in total. The van der Waals surface area contributed by atoms with Crippen molar-refractivity contribution in [3.63, 3.8) is 0 Å². The van der Waals surface area contributed by atoms with Gasteiger partial charge in [-0.2, -0.15) is 0 Å². The molecule has 0 unspecified atom stereocenters. The second-order valence-corrected chi connectivity index (χ2v) is 8.52. The summed E-state index contributed by atoms with van der Waals surface area (Å²) in [5.74, 6) is 1.90. The summed E-state index contributed by atoms with van der Waals surface area (Å²) in [4.78, 5) is 12.3. The number of aromatic nitrogens is 2. The van der Waals surface area contributed by atoms with Gasteiger partial charge in [-0.05, 0) is 61.6 Å². The molecule has 0 bridgehead atoms. The average molecular weight is 432 g/mol. The van der Waals surface area contributed by atoms with Crippen LogP contribution in [0.15, 0.2) is 48.2 Å². The Morgan fingerprint density at radius 2 is 1.88 bits per heavy atom. The van der Waals surface area contributed by atoms with E-state index in [4.69, 9.17) is 10.1 Å². The van der Waals surface area contributed by atoms with Crippen LogP contribution in [-0.2, 0) is 6.42 Å². The first kappa shape index (κ1) is 20.4. The Labute approximate surface area is 187 Å². The smallest absolute Gasteiger partial charge is 0.145 e. The molecule has 0 saturated carbocycles. The fourth-order valence-electron chi connectivity index (χ4n) is 4.59. The molecule has 166 valence electrons. The third kappa shape index (κ3) is 3.90. The third-order valence-electron chi connectivity index (χ3n) is 6.44. The fourth-order valence-corrected chi connectivity index (χ4v) is 4.59. The second kappa shape index (κ2) is 8.57. The zero-order chi connectivity index (χ0) is 22.1. The number of ether oxygens (including phenoxy) is 1. The number of amidine groups is 1. The molecule has 0 amide bonds. The van der Waals surface area contributed by atoms with Gasteiger partial charge in [-0.25, -0.2) is 4.98 Å². The first-order valence-corrected chi connectivity index (χ1v) is 11.3. The average Bonchev–Trinajstić information content (AvgIpc) is 3.37. The van der Waals surface area contributed by atoms with Crippen LogP contribution in [-0.4, -0.2) is 59.1 Å². The number of hydrogen-bond acceptors (Lipinski definition) is 5. The highest BCUT2D eigenvalue weighted by atomic mass is 16.5. The summed E-state index contributed by atoms with van der Waals surface area (Å²) in [7, 11) is 1.66. The monoisotopic (exact) mass is 431 g/mol. The van der Waals surface area contributed by atoms with Crippen molar-refractivity contribution in [1.82, 2.24) is 14.9 Å². The molecule has 1 aromatic heterocycles. The summed E-state index contributed by atoms with van der Waals surface area (Å²) >= 11 is 0. The van der Waals surface area contributed by atoms with E-state index in [0.717, 1.165) is 36.3 Å². The Balaban J connectivity index is 1.31. The molecule has 3 N–H and O–H groups in total. The van der Waals surface area contributed by atoms with Crippen molar-refractivity contribution in [2.24, 2.45) is 0 Å². The van der Waals surface area contributed by atoms with E-state index < -0.39 is 0 Å². The molecule has 5 rings (SSSR count). The van der Waals surface area contributed by atoms with Gasteiger partial charge in [0.15, 0.2) is 0 Å². The molecule has 3 heterocycles. The summed E-state index contributed by atoms with van der Waals surface area (Å²) in [5.41, 5.74) is 4.66. The van der Waals surface area contributed by atoms with Crippen LogP contribution in [0.4, 0.5) is 5.69 Å². The number of hydrogen-bond donors (Lipinski definition) is 3. The molecule has 1 saturated heterocycles. The van der Waals surface area contributed by atoms with Crippen LogP contribution in [0, 0.1) is 5.41 Å². The van der Waals surface area contributed by atoms with Gasteiger partial charge in [0.2, 0.25) is 0 Å². The van der Waals surface area contributed by atoms with Gasteiger partial charge in [0.05, 0.1) is 30.3 Å². The fraction of sp³-hybridized carbons (Fsp3) is 0.360. The van der Waals surface area contributed by atoms with Crippen molar-refractivity contribution in [3.8, 4) is 5.75 Å². The molecule has 2 aromatic carbocycles. The number of nitrogens with zero attached hydrogens (tertiary/aromatic N) is 3. The zero-order valence-electron chi connectivity index (χ0n) is 18.4. The predicted molar refractivity (Wildman–Crippen MR) is 128 cm³/mol. The van der Waals surface area contributed by atoms with Crippen LogP contribution < -0.4 is 9.64 Å². The van der Waals surface area contributed by atoms with Crippen LogP contribution in [0.1, 0.15) is 30.7 Å². The molecule has 7 heteroatoms. The van der Waals surface area contributed by atoms with Gasteiger partial charge in [0.25, 0.3) is 0 Å². The van der Waals surface area contributed by atoms with Crippen molar-refractivity contribution in [2.45, 2.75) is 25.7 Å². The number of fused-ring (bicyclic) bond motifs is 1.